The van der Waals surface area contributed by atoms with Crippen molar-refractivity contribution in [1.82, 2.24) is 15.1 Å². The number of rotatable bonds is 4. The molecule has 2 N–H and O–H groups in total. The molecule has 1 aromatic heterocycles. The number of ether oxygens (including phenoxy) is 1. The van der Waals surface area contributed by atoms with Crippen molar-refractivity contribution in [3.05, 3.63) is 47.3 Å². The van der Waals surface area contributed by atoms with Crippen LogP contribution in [0.2, 0.25) is 0 Å². The van der Waals surface area contributed by atoms with Crippen molar-refractivity contribution >= 4 is 5.91 Å². The van der Waals surface area contributed by atoms with E-state index in [2.05, 4.69) is 10.2 Å². The lowest BCUT2D eigenvalue weighted by Gasteiger charge is -2.27. The van der Waals surface area contributed by atoms with Crippen LogP contribution in [0.15, 0.2) is 30.3 Å². The number of carbonyl (C=O) groups is 1. The highest BCUT2D eigenvalue weighted by Gasteiger charge is 2.24. The van der Waals surface area contributed by atoms with E-state index in [9.17, 15) is 9.90 Å². The Balaban J connectivity index is 1.61. The van der Waals surface area contributed by atoms with E-state index in [1.165, 1.54) is 0 Å². The summed E-state index contributed by atoms with van der Waals surface area (Å²) in [7, 11) is 0. The number of amides is 1. The first-order valence-corrected chi connectivity index (χ1v) is 6.89. The second-order valence-electron chi connectivity index (χ2n) is 4.95. The third-order valence-electron chi connectivity index (χ3n) is 3.63. The number of fused-ring (bicyclic) bond motifs is 1. The Morgan fingerprint density at radius 2 is 2.19 bits per heavy atom. The van der Waals surface area contributed by atoms with Crippen molar-refractivity contribution < 1.29 is 14.6 Å². The number of H-pyrrole nitrogens is 1. The van der Waals surface area contributed by atoms with E-state index in [4.69, 9.17) is 4.74 Å². The molecular formula is C15H17N3O3. The summed E-state index contributed by atoms with van der Waals surface area (Å²) < 4.78 is 5.48. The Hall–Kier alpha value is -2.34. The second-order valence-corrected chi connectivity index (χ2v) is 4.95. The van der Waals surface area contributed by atoms with Gasteiger partial charge >= 0.3 is 0 Å². The van der Waals surface area contributed by atoms with Crippen LogP contribution in [0.25, 0.3) is 0 Å². The van der Waals surface area contributed by atoms with Gasteiger partial charge in [-0.1, -0.05) is 18.2 Å². The molecule has 0 aliphatic carbocycles. The van der Waals surface area contributed by atoms with Crippen LogP contribution >= 0.6 is 0 Å². The fourth-order valence-corrected chi connectivity index (χ4v) is 2.45. The monoisotopic (exact) mass is 287 g/mol. The molecule has 0 saturated carbocycles. The molecule has 0 unspecified atom stereocenters. The van der Waals surface area contributed by atoms with Gasteiger partial charge in [-0.15, -0.1) is 0 Å². The quantitative estimate of drug-likeness (QED) is 0.874. The number of aliphatic hydroxyl groups excluding tert-OH is 1. The number of aromatic nitrogens is 2. The van der Waals surface area contributed by atoms with E-state index >= 15 is 0 Å². The van der Waals surface area contributed by atoms with Crippen LogP contribution in [0.4, 0.5) is 0 Å². The molecule has 1 amide bonds. The van der Waals surface area contributed by atoms with Gasteiger partial charge in [0.1, 0.15) is 5.75 Å². The van der Waals surface area contributed by atoms with Crippen LogP contribution in [-0.2, 0) is 24.4 Å². The van der Waals surface area contributed by atoms with Crippen LogP contribution in [0.1, 0.15) is 17.0 Å². The predicted molar refractivity (Wildman–Crippen MR) is 75.6 cm³/mol. The zero-order valence-corrected chi connectivity index (χ0v) is 11.6. The van der Waals surface area contributed by atoms with Crippen LogP contribution in [0.3, 0.4) is 0 Å². The minimum Gasteiger partial charge on any atom is -0.484 e. The van der Waals surface area contributed by atoms with E-state index in [1.54, 1.807) is 4.90 Å². The first-order valence-electron chi connectivity index (χ1n) is 6.89. The molecule has 21 heavy (non-hydrogen) atoms. The molecule has 0 radical (unpaired) electrons. The number of aromatic amines is 1. The van der Waals surface area contributed by atoms with E-state index < -0.39 is 0 Å². The third kappa shape index (κ3) is 2.90. The fourth-order valence-electron chi connectivity index (χ4n) is 2.45. The van der Waals surface area contributed by atoms with Gasteiger partial charge in [0, 0.05) is 30.8 Å². The van der Waals surface area contributed by atoms with Crippen molar-refractivity contribution in [2.45, 2.75) is 19.6 Å². The van der Waals surface area contributed by atoms with Crippen LogP contribution in [-0.4, -0.2) is 39.3 Å². The summed E-state index contributed by atoms with van der Waals surface area (Å²) >= 11 is 0. The minimum atomic E-state index is -0.117. The number of hydrogen-bond acceptors (Lipinski definition) is 4. The van der Waals surface area contributed by atoms with Gasteiger partial charge in [0.05, 0.1) is 12.3 Å². The van der Waals surface area contributed by atoms with Crippen molar-refractivity contribution in [1.29, 1.82) is 0 Å². The highest BCUT2D eigenvalue weighted by Crippen LogP contribution is 2.20. The summed E-state index contributed by atoms with van der Waals surface area (Å²) in [6.07, 6.45) is 0.722. The molecule has 6 nitrogen and oxygen atoms in total. The van der Waals surface area contributed by atoms with Crippen molar-refractivity contribution in [3.63, 3.8) is 0 Å². The molecule has 1 aromatic carbocycles. The molecule has 2 aromatic rings. The number of hydrogen-bond donors (Lipinski definition) is 2. The fraction of sp³-hybridized carbons (Fsp3) is 0.333. The lowest BCUT2D eigenvalue weighted by atomic mass is 10.1. The summed E-state index contributed by atoms with van der Waals surface area (Å²) in [4.78, 5) is 13.9. The maximum Gasteiger partial charge on any atom is 0.260 e. The SMILES string of the molecule is O=C(COc1ccccc1)N1CCc2[nH]nc(CO)c2C1. The Labute approximate surface area is 122 Å². The molecule has 2 heterocycles. The molecular weight excluding hydrogens is 270 g/mol. The Morgan fingerprint density at radius 3 is 2.95 bits per heavy atom. The summed E-state index contributed by atoms with van der Waals surface area (Å²) in [6, 6.07) is 9.27. The third-order valence-corrected chi connectivity index (χ3v) is 3.63. The average Bonchev–Trinajstić information content (AvgIpc) is 2.95. The van der Waals surface area contributed by atoms with Gasteiger partial charge in [0.25, 0.3) is 5.91 Å². The van der Waals surface area contributed by atoms with E-state index in [0.717, 1.165) is 17.7 Å². The zero-order chi connectivity index (χ0) is 14.7. The lowest BCUT2D eigenvalue weighted by molar-refractivity contribution is -0.134. The molecule has 110 valence electrons. The number of carbonyl (C=O) groups excluding carboxylic acids is 1. The van der Waals surface area contributed by atoms with Crippen molar-refractivity contribution in [2.24, 2.45) is 0 Å². The molecule has 1 aliphatic heterocycles. The second kappa shape index (κ2) is 5.97. The van der Waals surface area contributed by atoms with Crippen molar-refractivity contribution in [2.75, 3.05) is 13.2 Å². The summed E-state index contributed by atoms with van der Waals surface area (Å²) in [6.45, 7) is 1.01. The maximum atomic E-state index is 12.2. The average molecular weight is 287 g/mol. The summed E-state index contributed by atoms with van der Waals surface area (Å²) in [5.41, 5.74) is 2.55. The van der Waals surface area contributed by atoms with Gasteiger partial charge < -0.3 is 14.7 Å². The minimum absolute atomic E-state index is 0.0195. The molecule has 0 spiro atoms. The van der Waals surface area contributed by atoms with Crippen LogP contribution in [0, 0.1) is 0 Å². The Morgan fingerprint density at radius 1 is 1.38 bits per heavy atom. The topological polar surface area (TPSA) is 78.5 Å². The maximum absolute atomic E-state index is 12.2. The molecule has 0 atom stereocenters. The Kier molecular flexibility index (Phi) is 3.87. The molecule has 1 aliphatic rings. The standard InChI is InChI=1S/C15H17N3O3/c19-9-14-12-8-18(7-6-13(12)16-17-14)15(20)10-21-11-4-2-1-3-5-11/h1-5,19H,6-10H2,(H,16,17). The van der Waals surface area contributed by atoms with Gasteiger partial charge in [0.15, 0.2) is 6.61 Å². The zero-order valence-electron chi connectivity index (χ0n) is 11.6. The lowest BCUT2D eigenvalue weighted by Crippen LogP contribution is -2.39. The van der Waals surface area contributed by atoms with Crippen LogP contribution < -0.4 is 4.74 Å². The van der Waals surface area contributed by atoms with Gasteiger partial charge in [-0.3, -0.25) is 9.89 Å². The van der Waals surface area contributed by atoms with Crippen LogP contribution in [0.5, 0.6) is 5.75 Å². The molecule has 3 rings (SSSR count). The molecule has 0 bridgehead atoms. The molecule has 0 fully saturated rings. The number of nitrogens with one attached hydrogen (secondary N) is 1. The van der Waals surface area contributed by atoms with E-state index in [0.29, 0.717) is 24.5 Å². The van der Waals surface area contributed by atoms with Crippen molar-refractivity contribution in [3.8, 4) is 5.75 Å². The van der Waals surface area contributed by atoms with Gasteiger partial charge in [-0.25, -0.2) is 0 Å². The number of aliphatic hydroxyl groups is 1. The highest BCUT2D eigenvalue weighted by atomic mass is 16.5. The van der Waals surface area contributed by atoms with E-state index in [-0.39, 0.29) is 19.1 Å². The smallest absolute Gasteiger partial charge is 0.260 e. The first kappa shape index (κ1) is 13.6. The largest absolute Gasteiger partial charge is 0.484 e. The highest BCUT2D eigenvalue weighted by molar-refractivity contribution is 5.78. The first-order chi connectivity index (χ1) is 10.3. The Bertz CT molecular complexity index is 611. The predicted octanol–water partition coefficient (Wildman–Crippen LogP) is 0.866. The normalized spacial score (nSPS) is 13.9. The number of nitrogens with zero attached hydrogens (tertiary/aromatic N) is 2. The molecule has 0 saturated heterocycles. The summed E-state index contributed by atoms with van der Waals surface area (Å²) in [5, 5.41) is 16.2. The van der Waals surface area contributed by atoms with Gasteiger partial charge in [-0.05, 0) is 12.1 Å². The van der Waals surface area contributed by atoms with Gasteiger partial charge in [-0.2, -0.15) is 5.10 Å². The van der Waals surface area contributed by atoms with Gasteiger partial charge in [0.2, 0.25) is 0 Å². The van der Waals surface area contributed by atoms with E-state index in [1.807, 2.05) is 30.3 Å². The number of para-hydroxylation sites is 1. The number of benzene rings is 1. The molecule has 6 heteroatoms. The summed E-state index contributed by atoms with van der Waals surface area (Å²) in [5.74, 6) is 0.623.